The summed E-state index contributed by atoms with van der Waals surface area (Å²) in [5, 5.41) is 3.49. The normalized spacial score (nSPS) is 25.3. The Bertz CT molecular complexity index is 440. The summed E-state index contributed by atoms with van der Waals surface area (Å²) in [5.74, 6) is 1.75. The molecule has 0 bridgehead atoms. The molecule has 1 aromatic rings. The van der Waals surface area contributed by atoms with Crippen molar-refractivity contribution >= 4 is 0 Å². The Morgan fingerprint density at radius 2 is 1.94 bits per heavy atom. The molecule has 2 aliphatic heterocycles. The van der Waals surface area contributed by atoms with Crippen LogP contribution in [0, 0.1) is 12.3 Å². The molecule has 0 spiro atoms. The van der Waals surface area contributed by atoms with Gasteiger partial charge in [-0.15, -0.1) is 0 Å². The first-order chi connectivity index (χ1) is 7.58. The van der Waals surface area contributed by atoms with Crippen LogP contribution in [0.15, 0.2) is 12.1 Å². The van der Waals surface area contributed by atoms with Gasteiger partial charge in [-0.2, -0.15) is 0 Å². The fraction of sp³-hybridized carbons (Fsp3) is 0.538. The van der Waals surface area contributed by atoms with Crippen LogP contribution >= 0.6 is 0 Å². The van der Waals surface area contributed by atoms with Gasteiger partial charge in [-0.3, -0.25) is 0 Å². The molecule has 86 valence electrons. The lowest BCUT2D eigenvalue weighted by Gasteiger charge is -2.46. The van der Waals surface area contributed by atoms with Gasteiger partial charge < -0.3 is 14.8 Å². The number of hydrogen-bond donors (Lipinski definition) is 1. The molecule has 1 fully saturated rings. The van der Waals surface area contributed by atoms with Crippen molar-refractivity contribution in [2.45, 2.75) is 26.8 Å². The zero-order chi connectivity index (χ0) is 11.3. The van der Waals surface area contributed by atoms with Crippen LogP contribution in [0.3, 0.4) is 0 Å². The molecular weight excluding hydrogens is 202 g/mol. The monoisotopic (exact) mass is 219 g/mol. The van der Waals surface area contributed by atoms with Gasteiger partial charge in [-0.05, 0) is 35.6 Å². The molecule has 1 atom stereocenters. The molecule has 0 aliphatic carbocycles. The van der Waals surface area contributed by atoms with E-state index in [0.717, 1.165) is 18.0 Å². The number of rotatable bonds is 1. The van der Waals surface area contributed by atoms with Gasteiger partial charge in [0.2, 0.25) is 6.79 Å². The lowest BCUT2D eigenvalue weighted by molar-refractivity contribution is 0.127. The third-order valence-electron chi connectivity index (χ3n) is 3.62. The van der Waals surface area contributed by atoms with E-state index >= 15 is 0 Å². The van der Waals surface area contributed by atoms with Gasteiger partial charge in [0.05, 0.1) is 0 Å². The second-order valence-corrected chi connectivity index (χ2v) is 5.36. The average molecular weight is 219 g/mol. The molecule has 0 radical (unpaired) electrons. The summed E-state index contributed by atoms with van der Waals surface area (Å²) < 4.78 is 10.8. The van der Waals surface area contributed by atoms with E-state index in [1.54, 1.807) is 0 Å². The average Bonchev–Trinajstić information content (AvgIpc) is 2.64. The van der Waals surface area contributed by atoms with Gasteiger partial charge in [0.15, 0.2) is 11.5 Å². The Morgan fingerprint density at radius 1 is 1.25 bits per heavy atom. The van der Waals surface area contributed by atoms with E-state index in [4.69, 9.17) is 9.47 Å². The van der Waals surface area contributed by atoms with Crippen molar-refractivity contribution in [1.29, 1.82) is 0 Å². The molecule has 0 aromatic heterocycles. The molecule has 1 aromatic carbocycles. The van der Waals surface area contributed by atoms with Crippen molar-refractivity contribution in [2.75, 3.05) is 13.3 Å². The van der Waals surface area contributed by atoms with E-state index < -0.39 is 0 Å². The van der Waals surface area contributed by atoms with Gasteiger partial charge in [-0.1, -0.05) is 13.8 Å². The number of hydrogen-bond acceptors (Lipinski definition) is 3. The highest BCUT2D eigenvalue weighted by Crippen LogP contribution is 2.45. The molecule has 16 heavy (non-hydrogen) atoms. The second kappa shape index (κ2) is 3.14. The molecule has 2 heterocycles. The quantitative estimate of drug-likeness (QED) is 0.786. The number of ether oxygens (including phenoxy) is 2. The summed E-state index contributed by atoms with van der Waals surface area (Å²) in [4.78, 5) is 0. The number of aryl methyl sites for hydroxylation is 1. The first-order valence-electron chi connectivity index (χ1n) is 5.71. The summed E-state index contributed by atoms with van der Waals surface area (Å²) in [6, 6.07) is 4.63. The highest BCUT2D eigenvalue weighted by molar-refractivity contribution is 5.50. The third kappa shape index (κ3) is 1.31. The van der Waals surface area contributed by atoms with Crippen molar-refractivity contribution in [3.63, 3.8) is 0 Å². The molecule has 0 saturated carbocycles. The summed E-state index contributed by atoms with van der Waals surface area (Å²) in [7, 11) is 0. The van der Waals surface area contributed by atoms with Crippen molar-refractivity contribution in [3.8, 4) is 11.5 Å². The van der Waals surface area contributed by atoms with Crippen LogP contribution in [-0.2, 0) is 0 Å². The van der Waals surface area contributed by atoms with E-state index in [9.17, 15) is 0 Å². The lowest BCUT2D eigenvalue weighted by Crippen LogP contribution is -2.52. The minimum atomic E-state index is 0.332. The van der Waals surface area contributed by atoms with Crippen molar-refractivity contribution in [2.24, 2.45) is 5.41 Å². The van der Waals surface area contributed by atoms with E-state index in [1.165, 1.54) is 11.1 Å². The number of nitrogens with one attached hydrogen (secondary N) is 1. The molecule has 1 saturated heterocycles. The Kier molecular flexibility index (Phi) is 1.96. The molecule has 3 nitrogen and oxygen atoms in total. The Balaban J connectivity index is 2.02. The SMILES string of the molecule is Cc1cc2c(cc1C1NCC1(C)C)OCO2. The van der Waals surface area contributed by atoms with Gasteiger partial charge >= 0.3 is 0 Å². The zero-order valence-electron chi connectivity index (χ0n) is 9.96. The first kappa shape index (κ1) is 9.97. The minimum absolute atomic E-state index is 0.332. The van der Waals surface area contributed by atoms with Crippen LogP contribution < -0.4 is 14.8 Å². The maximum Gasteiger partial charge on any atom is 0.231 e. The molecule has 0 amide bonds. The lowest BCUT2D eigenvalue weighted by atomic mass is 9.73. The summed E-state index contributed by atoms with van der Waals surface area (Å²) >= 11 is 0. The minimum Gasteiger partial charge on any atom is -0.454 e. The van der Waals surface area contributed by atoms with Crippen LogP contribution in [0.25, 0.3) is 0 Å². The summed E-state index contributed by atoms with van der Waals surface area (Å²) in [6.45, 7) is 8.13. The number of fused-ring (bicyclic) bond motifs is 1. The fourth-order valence-electron chi connectivity index (χ4n) is 2.51. The van der Waals surface area contributed by atoms with Crippen molar-refractivity contribution < 1.29 is 9.47 Å². The highest BCUT2D eigenvalue weighted by Gasteiger charge is 2.40. The largest absolute Gasteiger partial charge is 0.454 e. The van der Waals surface area contributed by atoms with E-state index in [2.05, 4.69) is 38.2 Å². The Hall–Kier alpha value is -1.22. The molecule has 3 heteroatoms. The van der Waals surface area contributed by atoms with Crippen LogP contribution in [0.2, 0.25) is 0 Å². The molecule has 2 aliphatic rings. The number of benzene rings is 1. The summed E-state index contributed by atoms with van der Waals surface area (Å²) in [6.07, 6.45) is 0. The van der Waals surface area contributed by atoms with Crippen LogP contribution in [0.4, 0.5) is 0 Å². The van der Waals surface area contributed by atoms with Gasteiger partial charge in [0.1, 0.15) is 0 Å². The third-order valence-corrected chi connectivity index (χ3v) is 3.62. The van der Waals surface area contributed by atoms with E-state index in [0.29, 0.717) is 18.2 Å². The standard InChI is InChI=1S/C13H17NO2/c1-8-4-10-11(16-7-15-10)5-9(8)12-13(2,3)6-14-12/h4-5,12,14H,6-7H2,1-3H3. The molecule has 1 unspecified atom stereocenters. The van der Waals surface area contributed by atoms with Gasteiger partial charge in [0, 0.05) is 12.6 Å². The zero-order valence-corrected chi connectivity index (χ0v) is 9.96. The van der Waals surface area contributed by atoms with Crippen molar-refractivity contribution in [3.05, 3.63) is 23.3 Å². The van der Waals surface area contributed by atoms with Gasteiger partial charge in [0.25, 0.3) is 0 Å². The van der Waals surface area contributed by atoms with E-state index in [-0.39, 0.29) is 0 Å². The fourth-order valence-corrected chi connectivity index (χ4v) is 2.51. The van der Waals surface area contributed by atoms with Gasteiger partial charge in [-0.25, -0.2) is 0 Å². The predicted molar refractivity (Wildman–Crippen MR) is 61.8 cm³/mol. The molecular formula is C13H17NO2. The van der Waals surface area contributed by atoms with Crippen LogP contribution in [0.5, 0.6) is 11.5 Å². The van der Waals surface area contributed by atoms with Crippen LogP contribution in [0.1, 0.15) is 31.0 Å². The predicted octanol–water partition coefficient (Wildman–Crippen LogP) is 2.39. The second-order valence-electron chi connectivity index (χ2n) is 5.36. The molecule has 1 N–H and O–H groups in total. The molecule has 3 rings (SSSR count). The highest BCUT2D eigenvalue weighted by atomic mass is 16.7. The van der Waals surface area contributed by atoms with Crippen molar-refractivity contribution in [1.82, 2.24) is 5.32 Å². The smallest absolute Gasteiger partial charge is 0.231 e. The maximum atomic E-state index is 5.43. The van der Waals surface area contributed by atoms with Crippen LogP contribution in [-0.4, -0.2) is 13.3 Å². The topological polar surface area (TPSA) is 30.5 Å². The maximum absolute atomic E-state index is 5.43. The Labute approximate surface area is 95.8 Å². The van der Waals surface area contributed by atoms with E-state index in [1.807, 2.05) is 0 Å². The Morgan fingerprint density at radius 3 is 2.50 bits per heavy atom. The first-order valence-corrected chi connectivity index (χ1v) is 5.71. The summed E-state index contributed by atoms with van der Waals surface area (Å²) in [5.41, 5.74) is 2.94.